The fourth-order valence-corrected chi connectivity index (χ4v) is 4.05. The van der Waals surface area contributed by atoms with Crippen LogP contribution in [0.1, 0.15) is 63.5 Å². The van der Waals surface area contributed by atoms with Gasteiger partial charge < -0.3 is 9.73 Å². The number of nitrogens with zero attached hydrogens (tertiary/aromatic N) is 1. The largest absolute Gasteiger partial charge is 0.465 e. The van der Waals surface area contributed by atoms with E-state index in [4.69, 9.17) is 4.42 Å². The van der Waals surface area contributed by atoms with Crippen molar-refractivity contribution in [1.82, 2.24) is 10.2 Å². The first-order chi connectivity index (χ1) is 9.63. The average molecular weight is 276 g/mol. The number of nitrogens with one attached hydrogen (secondary N) is 1. The molecule has 1 aromatic heterocycles. The Morgan fingerprint density at radius 2 is 2.15 bits per heavy atom. The quantitative estimate of drug-likeness (QED) is 0.913. The molecule has 2 heterocycles. The van der Waals surface area contributed by atoms with Crippen LogP contribution in [0, 0.1) is 6.92 Å². The Kier molecular flexibility index (Phi) is 3.91. The molecular weight excluding hydrogens is 248 g/mol. The second-order valence-electron chi connectivity index (χ2n) is 6.73. The Balaban J connectivity index is 1.79. The minimum Gasteiger partial charge on any atom is -0.465 e. The van der Waals surface area contributed by atoms with E-state index in [0.717, 1.165) is 18.1 Å². The molecule has 2 aliphatic rings. The van der Waals surface area contributed by atoms with Gasteiger partial charge in [0, 0.05) is 24.7 Å². The maximum absolute atomic E-state index is 5.88. The molecule has 2 unspecified atom stereocenters. The van der Waals surface area contributed by atoms with E-state index in [1.54, 1.807) is 0 Å². The molecule has 112 valence electrons. The maximum Gasteiger partial charge on any atom is 0.121 e. The zero-order valence-electron chi connectivity index (χ0n) is 13.1. The van der Waals surface area contributed by atoms with Crippen LogP contribution >= 0.6 is 0 Å². The highest BCUT2D eigenvalue weighted by molar-refractivity contribution is 5.11. The molecule has 2 atom stereocenters. The lowest BCUT2D eigenvalue weighted by atomic mass is 9.90. The van der Waals surface area contributed by atoms with Crippen molar-refractivity contribution in [2.75, 3.05) is 13.1 Å². The molecule has 3 heteroatoms. The lowest BCUT2D eigenvalue weighted by Crippen LogP contribution is -2.63. The number of hydrogen-bond donors (Lipinski definition) is 1. The predicted octanol–water partition coefficient (Wildman–Crippen LogP) is 3.65. The first kappa shape index (κ1) is 14.2. The normalized spacial score (nSPS) is 28.1. The summed E-state index contributed by atoms with van der Waals surface area (Å²) < 4.78 is 5.88. The van der Waals surface area contributed by atoms with Crippen LogP contribution in [0.3, 0.4) is 0 Å². The van der Waals surface area contributed by atoms with Crippen molar-refractivity contribution >= 4 is 0 Å². The lowest BCUT2D eigenvalue weighted by molar-refractivity contribution is 0.0385. The Bertz CT molecular complexity index is 448. The molecule has 0 amide bonds. The molecule has 1 aromatic rings. The number of aryl methyl sites for hydroxylation is 1. The first-order valence-corrected chi connectivity index (χ1v) is 8.21. The predicted molar refractivity (Wildman–Crippen MR) is 81.8 cm³/mol. The minimum atomic E-state index is 0.377. The van der Waals surface area contributed by atoms with Crippen LogP contribution in [-0.4, -0.2) is 29.6 Å². The molecule has 0 aromatic carbocycles. The SMILES string of the molecule is CCC1CNC2(CCCC2)CN1C(C)c1ccc(C)o1. The fourth-order valence-electron chi connectivity index (χ4n) is 4.05. The van der Waals surface area contributed by atoms with Gasteiger partial charge in [-0.05, 0) is 45.2 Å². The Morgan fingerprint density at radius 3 is 2.75 bits per heavy atom. The monoisotopic (exact) mass is 276 g/mol. The van der Waals surface area contributed by atoms with Gasteiger partial charge in [0.15, 0.2) is 0 Å². The minimum absolute atomic E-state index is 0.377. The smallest absolute Gasteiger partial charge is 0.121 e. The summed E-state index contributed by atoms with van der Waals surface area (Å²) in [5, 5.41) is 3.86. The van der Waals surface area contributed by atoms with Crippen molar-refractivity contribution in [2.24, 2.45) is 0 Å². The van der Waals surface area contributed by atoms with Crippen LogP contribution in [-0.2, 0) is 0 Å². The van der Waals surface area contributed by atoms with E-state index in [1.807, 2.05) is 6.92 Å². The number of piperazine rings is 1. The third kappa shape index (κ3) is 2.53. The standard InChI is InChI=1S/C17H28N2O/c1-4-15-11-18-17(9-5-6-10-17)12-19(15)14(3)16-8-7-13(2)20-16/h7-8,14-15,18H,4-6,9-12H2,1-3H3. The summed E-state index contributed by atoms with van der Waals surface area (Å²) in [6.07, 6.45) is 6.64. The van der Waals surface area contributed by atoms with Gasteiger partial charge in [-0.15, -0.1) is 0 Å². The van der Waals surface area contributed by atoms with Crippen molar-refractivity contribution in [3.8, 4) is 0 Å². The van der Waals surface area contributed by atoms with E-state index in [1.165, 1.54) is 38.6 Å². The average Bonchev–Trinajstić information content (AvgIpc) is 3.08. The van der Waals surface area contributed by atoms with Gasteiger partial charge in [-0.25, -0.2) is 0 Å². The summed E-state index contributed by atoms with van der Waals surface area (Å²) in [5.41, 5.74) is 0.377. The topological polar surface area (TPSA) is 28.4 Å². The van der Waals surface area contributed by atoms with Crippen molar-refractivity contribution in [2.45, 2.75) is 70.5 Å². The molecule has 20 heavy (non-hydrogen) atoms. The Hall–Kier alpha value is -0.800. The molecular formula is C17H28N2O. The number of rotatable bonds is 3. The molecule has 1 saturated heterocycles. The van der Waals surface area contributed by atoms with E-state index >= 15 is 0 Å². The molecule has 1 spiro atoms. The number of furan rings is 1. The van der Waals surface area contributed by atoms with E-state index < -0.39 is 0 Å². The lowest BCUT2D eigenvalue weighted by Gasteiger charge is -2.48. The second-order valence-corrected chi connectivity index (χ2v) is 6.73. The molecule has 1 aliphatic carbocycles. The maximum atomic E-state index is 5.88. The van der Waals surface area contributed by atoms with E-state index in [9.17, 15) is 0 Å². The molecule has 1 saturated carbocycles. The summed E-state index contributed by atoms with van der Waals surface area (Å²) in [6, 6.07) is 5.24. The van der Waals surface area contributed by atoms with Gasteiger partial charge in [0.1, 0.15) is 11.5 Å². The van der Waals surface area contributed by atoms with Gasteiger partial charge in [-0.2, -0.15) is 0 Å². The highest BCUT2D eigenvalue weighted by atomic mass is 16.3. The van der Waals surface area contributed by atoms with Crippen LogP contribution in [0.2, 0.25) is 0 Å². The van der Waals surface area contributed by atoms with E-state index in [-0.39, 0.29) is 0 Å². The zero-order chi connectivity index (χ0) is 14.2. The second kappa shape index (κ2) is 5.53. The van der Waals surface area contributed by atoms with Crippen LogP contribution in [0.5, 0.6) is 0 Å². The summed E-state index contributed by atoms with van der Waals surface area (Å²) in [5.74, 6) is 2.14. The van der Waals surface area contributed by atoms with Gasteiger partial charge in [-0.1, -0.05) is 19.8 Å². The van der Waals surface area contributed by atoms with Gasteiger partial charge in [0.25, 0.3) is 0 Å². The Morgan fingerprint density at radius 1 is 1.40 bits per heavy atom. The molecule has 1 N–H and O–H groups in total. The van der Waals surface area contributed by atoms with Crippen molar-refractivity contribution in [1.29, 1.82) is 0 Å². The molecule has 3 nitrogen and oxygen atoms in total. The van der Waals surface area contributed by atoms with Crippen molar-refractivity contribution in [3.63, 3.8) is 0 Å². The first-order valence-electron chi connectivity index (χ1n) is 8.21. The van der Waals surface area contributed by atoms with E-state index in [0.29, 0.717) is 17.6 Å². The van der Waals surface area contributed by atoms with Crippen LogP contribution in [0.25, 0.3) is 0 Å². The molecule has 2 fully saturated rings. The Labute approximate surface area is 122 Å². The van der Waals surface area contributed by atoms with Gasteiger partial charge in [-0.3, -0.25) is 4.90 Å². The summed E-state index contributed by atoms with van der Waals surface area (Å²) in [4.78, 5) is 2.68. The van der Waals surface area contributed by atoms with Crippen molar-refractivity contribution < 1.29 is 4.42 Å². The zero-order valence-corrected chi connectivity index (χ0v) is 13.1. The van der Waals surface area contributed by atoms with Gasteiger partial charge >= 0.3 is 0 Å². The van der Waals surface area contributed by atoms with Crippen molar-refractivity contribution in [3.05, 3.63) is 23.7 Å². The van der Waals surface area contributed by atoms with Gasteiger partial charge in [0.05, 0.1) is 6.04 Å². The van der Waals surface area contributed by atoms with Crippen LogP contribution < -0.4 is 5.32 Å². The van der Waals surface area contributed by atoms with Gasteiger partial charge in [0.2, 0.25) is 0 Å². The molecule has 0 bridgehead atoms. The van der Waals surface area contributed by atoms with E-state index in [2.05, 4.69) is 36.2 Å². The van der Waals surface area contributed by atoms with Crippen LogP contribution in [0.15, 0.2) is 16.5 Å². The number of hydrogen-bond acceptors (Lipinski definition) is 3. The molecule has 3 rings (SSSR count). The third-order valence-corrected chi connectivity index (χ3v) is 5.37. The summed E-state index contributed by atoms with van der Waals surface area (Å²) in [7, 11) is 0. The highest BCUT2D eigenvalue weighted by Gasteiger charge is 2.42. The summed E-state index contributed by atoms with van der Waals surface area (Å²) >= 11 is 0. The highest BCUT2D eigenvalue weighted by Crippen LogP contribution is 2.37. The fraction of sp³-hybridized carbons (Fsp3) is 0.765. The van der Waals surface area contributed by atoms with Crippen LogP contribution in [0.4, 0.5) is 0 Å². The summed E-state index contributed by atoms with van der Waals surface area (Å²) in [6.45, 7) is 8.93. The third-order valence-electron chi connectivity index (χ3n) is 5.37. The molecule has 0 radical (unpaired) electrons. The molecule has 1 aliphatic heterocycles.